The average Bonchev–Trinajstić information content (AvgIpc) is 4.16. The summed E-state index contributed by atoms with van der Waals surface area (Å²) in [5.41, 5.74) is 1.72. The van der Waals surface area contributed by atoms with E-state index in [0.717, 1.165) is 6.33 Å². The molecule has 6 aromatic rings. The van der Waals surface area contributed by atoms with Crippen LogP contribution in [0.3, 0.4) is 0 Å². The van der Waals surface area contributed by atoms with Crippen molar-refractivity contribution in [2.45, 2.75) is 101 Å². The van der Waals surface area contributed by atoms with Gasteiger partial charge in [-0.25, -0.2) is 43.4 Å². The fraction of sp³-hybridized carbons (Fsp3) is 0.500. The monoisotopic (exact) mass is 1030 g/mol. The van der Waals surface area contributed by atoms with Gasteiger partial charge in [0, 0.05) is 5.56 Å². The topological polar surface area (TPSA) is 281 Å². The fourth-order valence-electron chi connectivity index (χ4n) is 7.58. The van der Waals surface area contributed by atoms with Crippen LogP contribution in [0.2, 0.25) is 18.1 Å². The van der Waals surface area contributed by atoms with Crippen molar-refractivity contribution in [3.63, 3.8) is 0 Å². The molecule has 69 heavy (non-hydrogen) atoms. The van der Waals surface area contributed by atoms with Gasteiger partial charge in [-0.3, -0.25) is 32.0 Å². The summed E-state index contributed by atoms with van der Waals surface area (Å²) in [6.07, 6.45) is -5.00. The number of hydrogen-bond donors (Lipinski definition) is 1. The third-order valence-electron chi connectivity index (χ3n) is 12.0. The van der Waals surface area contributed by atoms with E-state index in [9.17, 15) is 19.9 Å². The Labute approximate surface area is 399 Å². The second-order valence-corrected chi connectivity index (χ2v) is 26.8. The molecule has 3 fully saturated rings. The van der Waals surface area contributed by atoms with Crippen LogP contribution in [0.15, 0.2) is 62.0 Å². The number of carbonyl (C=O) groups excluding carboxylic acids is 1. The molecule has 364 valence electrons. The van der Waals surface area contributed by atoms with Gasteiger partial charge in [-0.05, 0) is 42.1 Å². The molecule has 10 atom stereocenters. The number of anilines is 1. The van der Waals surface area contributed by atoms with Crippen molar-refractivity contribution in [2.75, 3.05) is 31.7 Å². The summed E-state index contributed by atoms with van der Waals surface area (Å²) in [7, 11) is -7.63. The van der Waals surface area contributed by atoms with Gasteiger partial charge in [-0.15, -0.1) is 0 Å². The Morgan fingerprint density at radius 3 is 2.25 bits per heavy atom. The molecule has 1 N–H and O–H groups in total. The number of halogens is 1. The number of benzene rings is 1. The van der Waals surface area contributed by atoms with Crippen LogP contribution in [-0.4, -0.2) is 126 Å². The van der Waals surface area contributed by atoms with Gasteiger partial charge < -0.3 is 28.3 Å². The van der Waals surface area contributed by atoms with Gasteiger partial charge in [-0.1, -0.05) is 39.0 Å². The summed E-state index contributed by atoms with van der Waals surface area (Å²) in [6.45, 7) is 4.40. The third-order valence-corrected chi connectivity index (χ3v) is 20.3. The summed E-state index contributed by atoms with van der Waals surface area (Å²) in [6, 6.07) is 12.4. The Bertz CT molecular complexity index is 3040. The largest absolute Gasteiger partial charge is 0.475 e. The molecule has 8 heterocycles. The lowest BCUT2D eigenvalue weighted by molar-refractivity contribution is -0.0661. The molecule has 0 bridgehead atoms. The van der Waals surface area contributed by atoms with E-state index in [-0.39, 0.29) is 41.5 Å². The highest BCUT2D eigenvalue weighted by molar-refractivity contribution is 8.07. The second-order valence-electron chi connectivity index (χ2n) is 17.5. The molecular formula is C40H46FN13O11P2SSi. The van der Waals surface area contributed by atoms with Crippen LogP contribution in [0.4, 0.5) is 10.2 Å². The molecular weight excluding hydrogens is 980 g/mol. The van der Waals surface area contributed by atoms with Crippen molar-refractivity contribution in [3.05, 3.63) is 67.5 Å². The third kappa shape index (κ3) is 9.85. The van der Waals surface area contributed by atoms with Crippen molar-refractivity contribution in [1.29, 1.82) is 10.5 Å². The number of nitriles is 2. The first-order valence-electron chi connectivity index (χ1n) is 21.6. The Morgan fingerprint density at radius 1 is 0.855 bits per heavy atom. The van der Waals surface area contributed by atoms with Crippen LogP contribution in [-0.2, 0) is 57.4 Å². The molecule has 3 aliphatic rings. The van der Waals surface area contributed by atoms with Crippen LogP contribution < -0.4 is 5.32 Å². The van der Waals surface area contributed by atoms with E-state index in [1.54, 1.807) is 34.9 Å². The minimum atomic E-state index is -4.86. The number of carbonyl (C=O) groups is 1. The molecule has 3 unspecified atom stereocenters. The highest BCUT2D eigenvalue weighted by Crippen LogP contribution is 2.59. The maximum absolute atomic E-state index is 17.3. The maximum Gasteiger partial charge on any atom is 0.475 e. The lowest BCUT2D eigenvalue weighted by Gasteiger charge is -2.41. The molecule has 9 rings (SSSR count). The molecule has 3 aliphatic heterocycles. The van der Waals surface area contributed by atoms with Gasteiger partial charge in [0.25, 0.3) is 5.91 Å². The summed E-state index contributed by atoms with van der Waals surface area (Å²) >= 11 is 6.09. The highest BCUT2D eigenvalue weighted by atomic mass is 32.5. The van der Waals surface area contributed by atoms with Crippen molar-refractivity contribution in [1.82, 2.24) is 48.7 Å². The number of ether oxygens (including phenoxy) is 2. The number of imidazole rings is 2. The van der Waals surface area contributed by atoms with Gasteiger partial charge in [-0.2, -0.15) is 15.6 Å². The first-order valence-corrected chi connectivity index (χ1v) is 28.5. The fourth-order valence-corrected chi connectivity index (χ4v) is 12.4. The summed E-state index contributed by atoms with van der Waals surface area (Å²) in [5, 5.41) is 25.4. The van der Waals surface area contributed by atoms with Crippen molar-refractivity contribution in [2.24, 2.45) is 0 Å². The van der Waals surface area contributed by atoms with Crippen LogP contribution >= 0.6 is 14.5 Å². The van der Waals surface area contributed by atoms with Gasteiger partial charge in [0.15, 0.2) is 60.7 Å². The Morgan fingerprint density at radius 2 is 1.51 bits per heavy atom. The number of nitrogens with zero attached hydrogens (tertiary/aromatic N) is 12. The molecule has 0 aliphatic carbocycles. The van der Waals surface area contributed by atoms with Gasteiger partial charge >= 0.3 is 14.5 Å². The highest BCUT2D eigenvalue weighted by Gasteiger charge is 2.57. The van der Waals surface area contributed by atoms with E-state index in [4.69, 9.17) is 52.8 Å². The summed E-state index contributed by atoms with van der Waals surface area (Å²) < 4.78 is 93.7. The number of hydrogen-bond acceptors (Lipinski definition) is 21. The van der Waals surface area contributed by atoms with Crippen LogP contribution in [0.25, 0.3) is 28.0 Å². The predicted octanol–water partition coefficient (Wildman–Crippen LogP) is 6.10. The maximum atomic E-state index is 17.3. The minimum absolute atomic E-state index is 0.0409. The lowest BCUT2D eigenvalue weighted by atomic mass is 10.1. The molecule has 1 aromatic carbocycles. The van der Waals surface area contributed by atoms with E-state index >= 15 is 4.39 Å². The number of phosphoric ester groups is 1. The zero-order valence-electron chi connectivity index (χ0n) is 37.7. The first-order chi connectivity index (χ1) is 33.0. The van der Waals surface area contributed by atoms with Gasteiger partial charge in [0.1, 0.15) is 49.5 Å². The Hall–Kier alpha value is -5.09. The lowest BCUT2D eigenvalue weighted by Crippen LogP contribution is -2.49. The zero-order chi connectivity index (χ0) is 48.7. The van der Waals surface area contributed by atoms with Crippen LogP contribution in [0.1, 0.15) is 56.4 Å². The number of nitrogens with one attached hydrogen (secondary N) is 1. The quantitative estimate of drug-likeness (QED) is 0.0823. The number of aromatic nitrogens is 10. The molecule has 5 aromatic heterocycles. The number of phosphoric acid groups is 1. The molecule has 24 nitrogen and oxygen atoms in total. The predicted molar refractivity (Wildman–Crippen MR) is 244 cm³/mol. The van der Waals surface area contributed by atoms with Crippen LogP contribution in [0, 0.1) is 22.7 Å². The SMILES string of the molecule is CC(C)(C)[Si](C)(C)OC1[C@H](n2cnc3c2ncn2ncnc32)O[C@@H]2COP(=O)(OCCC#N)O[C@H]3[C@@H](F)[C@H](n4cnc5c(NC(=O)c6ccccc6)ncnc54)O[C@@H]3COP(=S)(OCCC#N)O[C@@H]12. The molecule has 0 saturated carbocycles. The summed E-state index contributed by atoms with van der Waals surface area (Å²) in [4.78, 5) is 39.5. The Kier molecular flexibility index (Phi) is 13.9. The Balaban J connectivity index is 1.08. The smallest absolute Gasteiger partial charge is 0.407 e. The van der Waals surface area contributed by atoms with E-state index in [1.165, 1.54) is 34.4 Å². The minimum Gasteiger partial charge on any atom is -0.407 e. The van der Waals surface area contributed by atoms with E-state index in [2.05, 4.69) is 61.1 Å². The molecule has 0 spiro atoms. The first kappa shape index (κ1) is 48.9. The summed E-state index contributed by atoms with van der Waals surface area (Å²) in [5.74, 6) is -0.431. The van der Waals surface area contributed by atoms with Crippen molar-refractivity contribution < 1.29 is 54.8 Å². The molecule has 0 radical (unpaired) electrons. The molecule has 1 amide bonds. The second kappa shape index (κ2) is 19.6. The van der Waals surface area contributed by atoms with E-state index in [0.29, 0.717) is 22.4 Å². The number of fused-ring (bicyclic) bond motifs is 6. The number of rotatable bonds is 12. The normalized spacial score (nSPS) is 28.9. The number of alkyl halides is 1. The number of amides is 1. The van der Waals surface area contributed by atoms with E-state index < -0.39 is 97.7 Å². The van der Waals surface area contributed by atoms with Crippen molar-refractivity contribution in [3.8, 4) is 12.1 Å². The standard InChI is InChI=1S/C40H46FN13O11P2SSi/c1-40(2,3)69(4,5)65-32-31-26(62-39(32)53-22-48-29-35(53)49-23-54-36(29)46-20-50-54)17-59-66(56,57-15-9-13-42)63-30-25(18-60-67(68,64-31)58-16-10-14-43)61-38(27(30)41)52-21-47-28-33(44-19-45-34(28)52)51-37(55)24-11-7-6-8-12-24/h6-8,11-12,19-23,25-27,30-32,38-39H,9-10,15-18H2,1-5H3,(H,44,45,51,55)/t25-,26-,27-,30-,31-,32?,38-,39-,66?,67?/m1/s1. The zero-order valence-corrected chi connectivity index (χ0v) is 41.3. The molecule has 29 heteroatoms. The van der Waals surface area contributed by atoms with Crippen molar-refractivity contribution >= 4 is 74.4 Å². The van der Waals surface area contributed by atoms with Crippen LogP contribution in [0.5, 0.6) is 0 Å². The molecule has 3 saturated heterocycles. The van der Waals surface area contributed by atoms with Gasteiger partial charge in [0.2, 0.25) is 0 Å². The average molecular weight is 1030 g/mol. The van der Waals surface area contributed by atoms with Gasteiger partial charge in [0.05, 0.1) is 64.1 Å². The van der Waals surface area contributed by atoms with E-state index in [1.807, 2.05) is 25.2 Å².